The van der Waals surface area contributed by atoms with Crippen LogP contribution in [0.4, 0.5) is 24.7 Å². The number of aromatic nitrogens is 2. The SMILES string of the molecule is CCOC(=O)c1ccc2nc(C(F)(F)F)nc(N3CCN(c4cccc(Cl)c4)CC3)c2c1. The van der Waals surface area contributed by atoms with Crippen molar-refractivity contribution in [3.8, 4) is 0 Å². The Hall–Kier alpha value is -3.07. The first-order valence-electron chi connectivity index (χ1n) is 10.1. The van der Waals surface area contributed by atoms with Crippen LogP contribution in [0.25, 0.3) is 10.9 Å². The summed E-state index contributed by atoms with van der Waals surface area (Å²) in [5.74, 6) is -1.61. The molecule has 10 heteroatoms. The van der Waals surface area contributed by atoms with Gasteiger partial charge in [-0.05, 0) is 43.3 Å². The molecule has 168 valence electrons. The van der Waals surface area contributed by atoms with Crippen LogP contribution in [0.15, 0.2) is 42.5 Å². The summed E-state index contributed by atoms with van der Waals surface area (Å²) in [6, 6.07) is 11.7. The van der Waals surface area contributed by atoms with Crippen LogP contribution in [-0.2, 0) is 10.9 Å². The second-order valence-corrected chi connectivity index (χ2v) is 7.71. The molecule has 32 heavy (non-hydrogen) atoms. The number of piperazine rings is 1. The lowest BCUT2D eigenvalue weighted by molar-refractivity contribution is -0.144. The van der Waals surface area contributed by atoms with Gasteiger partial charge in [-0.15, -0.1) is 0 Å². The minimum atomic E-state index is -4.69. The lowest BCUT2D eigenvalue weighted by atomic mass is 10.1. The predicted octanol–water partition coefficient (Wildman–Crippen LogP) is 4.81. The Morgan fingerprint density at radius 1 is 1.06 bits per heavy atom. The van der Waals surface area contributed by atoms with Crippen molar-refractivity contribution in [1.82, 2.24) is 9.97 Å². The van der Waals surface area contributed by atoms with Crippen LogP contribution in [-0.4, -0.2) is 48.7 Å². The Morgan fingerprint density at radius 2 is 1.78 bits per heavy atom. The highest BCUT2D eigenvalue weighted by atomic mass is 35.5. The van der Waals surface area contributed by atoms with Gasteiger partial charge in [0.15, 0.2) is 0 Å². The summed E-state index contributed by atoms with van der Waals surface area (Å²) in [5.41, 5.74) is 1.31. The summed E-state index contributed by atoms with van der Waals surface area (Å²) in [4.78, 5) is 23.6. The number of carbonyl (C=O) groups excluding carboxylic acids is 1. The molecule has 0 bridgehead atoms. The minimum Gasteiger partial charge on any atom is -0.462 e. The maximum atomic E-state index is 13.5. The maximum Gasteiger partial charge on any atom is 0.451 e. The topological polar surface area (TPSA) is 58.6 Å². The molecular formula is C22H20ClF3N4O2. The lowest BCUT2D eigenvalue weighted by Gasteiger charge is -2.37. The number of hydrogen-bond donors (Lipinski definition) is 0. The fourth-order valence-corrected chi connectivity index (χ4v) is 3.86. The van der Waals surface area contributed by atoms with E-state index < -0.39 is 18.0 Å². The second kappa shape index (κ2) is 8.82. The molecule has 1 aromatic heterocycles. The van der Waals surface area contributed by atoms with Crippen molar-refractivity contribution in [2.45, 2.75) is 13.1 Å². The molecule has 1 aliphatic heterocycles. The average molecular weight is 465 g/mol. The van der Waals surface area contributed by atoms with Crippen LogP contribution >= 0.6 is 11.6 Å². The van der Waals surface area contributed by atoms with Crippen LogP contribution in [0.5, 0.6) is 0 Å². The van der Waals surface area contributed by atoms with Gasteiger partial charge in [-0.3, -0.25) is 0 Å². The smallest absolute Gasteiger partial charge is 0.451 e. The van der Waals surface area contributed by atoms with Gasteiger partial charge >= 0.3 is 12.1 Å². The quantitative estimate of drug-likeness (QED) is 0.517. The molecule has 0 aliphatic carbocycles. The van der Waals surface area contributed by atoms with E-state index in [2.05, 4.69) is 14.9 Å². The zero-order valence-corrected chi connectivity index (χ0v) is 18.0. The van der Waals surface area contributed by atoms with Gasteiger partial charge in [0.1, 0.15) is 5.82 Å². The van der Waals surface area contributed by atoms with Crippen molar-refractivity contribution in [2.24, 2.45) is 0 Å². The first kappa shape index (κ1) is 22.1. The molecule has 1 saturated heterocycles. The molecule has 1 fully saturated rings. The van der Waals surface area contributed by atoms with Crippen LogP contribution < -0.4 is 9.80 Å². The molecule has 0 radical (unpaired) electrons. The normalized spacial score (nSPS) is 14.7. The molecule has 0 N–H and O–H groups in total. The van der Waals surface area contributed by atoms with Crippen LogP contribution in [0.1, 0.15) is 23.1 Å². The number of halogens is 4. The van der Waals surface area contributed by atoms with Crippen molar-refractivity contribution in [1.29, 1.82) is 0 Å². The van der Waals surface area contributed by atoms with E-state index in [9.17, 15) is 18.0 Å². The third-order valence-corrected chi connectivity index (χ3v) is 5.43. The van der Waals surface area contributed by atoms with Crippen molar-refractivity contribution in [3.05, 3.63) is 58.9 Å². The molecule has 0 amide bonds. The first-order chi connectivity index (χ1) is 15.3. The Labute approximate surface area is 187 Å². The summed E-state index contributed by atoms with van der Waals surface area (Å²) in [6.45, 7) is 3.91. The first-order valence-corrected chi connectivity index (χ1v) is 10.5. The highest BCUT2D eigenvalue weighted by molar-refractivity contribution is 6.30. The number of ether oxygens (including phenoxy) is 1. The third-order valence-electron chi connectivity index (χ3n) is 5.19. The number of fused-ring (bicyclic) bond motifs is 1. The molecule has 0 saturated carbocycles. The number of alkyl halides is 3. The number of hydrogen-bond acceptors (Lipinski definition) is 6. The molecule has 3 aromatic rings. The number of benzene rings is 2. The highest BCUT2D eigenvalue weighted by Crippen LogP contribution is 2.33. The number of nitrogens with zero attached hydrogens (tertiary/aromatic N) is 4. The summed E-state index contributed by atoms with van der Waals surface area (Å²) in [5, 5.41) is 0.993. The molecule has 2 aromatic carbocycles. The average Bonchev–Trinajstić information content (AvgIpc) is 2.77. The van der Waals surface area contributed by atoms with E-state index in [0.717, 1.165) is 5.69 Å². The molecule has 2 heterocycles. The van der Waals surface area contributed by atoms with Gasteiger partial charge in [-0.2, -0.15) is 13.2 Å². The van der Waals surface area contributed by atoms with Gasteiger partial charge in [0.2, 0.25) is 5.82 Å². The molecular weight excluding hydrogens is 445 g/mol. The van der Waals surface area contributed by atoms with Gasteiger partial charge < -0.3 is 14.5 Å². The van der Waals surface area contributed by atoms with Crippen molar-refractivity contribution < 1.29 is 22.7 Å². The van der Waals surface area contributed by atoms with E-state index in [0.29, 0.717) is 36.6 Å². The van der Waals surface area contributed by atoms with Crippen molar-refractivity contribution >= 4 is 40.0 Å². The predicted molar refractivity (Wildman–Crippen MR) is 116 cm³/mol. The largest absolute Gasteiger partial charge is 0.462 e. The summed E-state index contributed by atoms with van der Waals surface area (Å²) >= 11 is 6.08. The van der Waals surface area contributed by atoms with Crippen LogP contribution in [0, 0.1) is 0 Å². The van der Waals surface area contributed by atoms with E-state index in [-0.39, 0.29) is 23.5 Å². The fraction of sp³-hybridized carbons (Fsp3) is 0.318. The lowest BCUT2D eigenvalue weighted by Crippen LogP contribution is -2.47. The fourth-order valence-electron chi connectivity index (χ4n) is 3.67. The zero-order chi connectivity index (χ0) is 22.9. The summed E-state index contributed by atoms with van der Waals surface area (Å²) in [7, 11) is 0. The molecule has 0 unspecified atom stereocenters. The monoisotopic (exact) mass is 464 g/mol. The Balaban J connectivity index is 1.69. The number of rotatable bonds is 4. The van der Waals surface area contributed by atoms with E-state index in [1.807, 2.05) is 18.2 Å². The maximum absolute atomic E-state index is 13.5. The molecule has 4 rings (SSSR count). The molecule has 0 atom stereocenters. The van der Waals surface area contributed by atoms with Crippen LogP contribution in [0.2, 0.25) is 5.02 Å². The second-order valence-electron chi connectivity index (χ2n) is 7.27. The van der Waals surface area contributed by atoms with Crippen molar-refractivity contribution in [3.63, 3.8) is 0 Å². The number of esters is 1. The molecule has 1 aliphatic rings. The Kier molecular flexibility index (Phi) is 6.10. The molecule has 0 spiro atoms. The molecule has 6 nitrogen and oxygen atoms in total. The number of carbonyl (C=O) groups is 1. The zero-order valence-electron chi connectivity index (χ0n) is 17.2. The summed E-state index contributed by atoms with van der Waals surface area (Å²) < 4.78 is 45.4. The Morgan fingerprint density at radius 3 is 2.44 bits per heavy atom. The van der Waals surface area contributed by atoms with Gasteiger partial charge in [0, 0.05) is 42.3 Å². The Bertz CT molecular complexity index is 1150. The van der Waals surface area contributed by atoms with E-state index in [1.165, 1.54) is 18.2 Å². The van der Waals surface area contributed by atoms with Crippen LogP contribution in [0.3, 0.4) is 0 Å². The van der Waals surface area contributed by atoms with E-state index >= 15 is 0 Å². The van der Waals surface area contributed by atoms with Gasteiger partial charge in [0.05, 0.1) is 17.7 Å². The minimum absolute atomic E-state index is 0.118. The number of anilines is 2. The van der Waals surface area contributed by atoms with Gasteiger partial charge in [-0.1, -0.05) is 17.7 Å². The van der Waals surface area contributed by atoms with E-state index in [1.54, 1.807) is 17.9 Å². The van der Waals surface area contributed by atoms with Crippen molar-refractivity contribution in [2.75, 3.05) is 42.6 Å². The summed E-state index contributed by atoms with van der Waals surface area (Å²) in [6.07, 6.45) is -4.69. The standard InChI is InChI=1S/C22H20ClF3N4O2/c1-2-32-20(31)14-6-7-18-17(12-14)19(28-21(27-18)22(24,25)26)30-10-8-29(9-11-30)16-5-3-4-15(23)13-16/h3-7,12-13H,2,8-11H2,1H3. The highest BCUT2D eigenvalue weighted by Gasteiger charge is 2.36. The van der Waals surface area contributed by atoms with E-state index in [4.69, 9.17) is 16.3 Å². The third kappa shape index (κ3) is 4.57. The van der Waals surface area contributed by atoms with Gasteiger partial charge in [-0.25, -0.2) is 14.8 Å². The van der Waals surface area contributed by atoms with Gasteiger partial charge in [0.25, 0.3) is 0 Å².